The maximum atomic E-state index is 10.6. The Kier molecular flexibility index (Phi) is 4.88. The van der Waals surface area contributed by atoms with Gasteiger partial charge in [-0.05, 0) is 17.0 Å². The summed E-state index contributed by atoms with van der Waals surface area (Å²) in [5.41, 5.74) is 2.49. The monoisotopic (exact) mass is 234 g/mol. The van der Waals surface area contributed by atoms with E-state index in [1.54, 1.807) is 7.11 Å². The lowest BCUT2D eigenvalue weighted by atomic mass is 9.83. The number of benzene rings is 1. The zero-order valence-corrected chi connectivity index (χ0v) is 11.2. The molecule has 0 saturated carbocycles. The first-order valence-electron chi connectivity index (χ1n) is 6.04. The van der Waals surface area contributed by atoms with Crippen LogP contribution in [0.1, 0.15) is 44.2 Å². The quantitative estimate of drug-likeness (QED) is 0.706. The van der Waals surface area contributed by atoms with Gasteiger partial charge in [-0.25, -0.2) is 0 Å². The van der Waals surface area contributed by atoms with Crippen molar-refractivity contribution in [2.45, 2.75) is 38.5 Å². The molecule has 0 radical (unpaired) electrons. The van der Waals surface area contributed by atoms with E-state index in [-0.39, 0.29) is 11.3 Å². The summed E-state index contributed by atoms with van der Waals surface area (Å²) < 4.78 is 5.25. The average Bonchev–Trinajstić information content (AvgIpc) is 2.29. The maximum Gasteiger partial charge on any atom is 0.120 e. The molecule has 0 heterocycles. The van der Waals surface area contributed by atoms with E-state index in [1.807, 2.05) is 0 Å². The van der Waals surface area contributed by atoms with Gasteiger partial charge in [0.05, 0.1) is 6.61 Å². The van der Waals surface area contributed by atoms with Gasteiger partial charge in [-0.15, -0.1) is 0 Å². The highest BCUT2D eigenvalue weighted by Crippen LogP contribution is 2.27. The highest BCUT2D eigenvalue weighted by molar-refractivity contribution is 5.51. The van der Waals surface area contributed by atoms with Crippen LogP contribution in [-0.2, 0) is 14.9 Å². The molecule has 0 aliphatic rings. The lowest BCUT2D eigenvalue weighted by Gasteiger charge is -2.25. The topological polar surface area (TPSA) is 26.3 Å². The highest BCUT2D eigenvalue weighted by atomic mass is 16.5. The third-order valence-electron chi connectivity index (χ3n) is 3.19. The second-order valence-electron chi connectivity index (χ2n) is 5.25. The van der Waals surface area contributed by atoms with Crippen LogP contribution in [-0.4, -0.2) is 20.0 Å². The fourth-order valence-corrected chi connectivity index (χ4v) is 1.99. The van der Waals surface area contributed by atoms with E-state index in [0.717, 1.165) is 6.29 Å². The average molecular weight is 234 g/mol. The first-order chi connectivity index (χ1) is 8.01. The predicted molar refractivity (Wildman–Crippen MR) is 70.4 cm³/mol. The molecule has 17 heavy (non-hydrogen) atoms. The number of hydrogen-bond donors (Lipinski definition) is 0. The largest absolute Gasteiger partial charge is 0.384 e. The van der Waals surface area contributed by atoms with Gasteiger partial charge < -0.3 is 9.53 Å². The first kappa shape index (κ1) is 13.9. The minimum absolute atomic E-state index is 0.00561. The van der Waals surface area contributed by atoms with Crippen molar-refractivity contribution in [3.05, 3.63) is 35.4 Å². The Labute approximate surface area is 104 Å². The molecule has 1 rings (SSSR count). The van der Waals surface area contributed by atoms with Crippen molar-refractivity contribution in [3.63, 3.8) is 0 Å². The minimum Gasteiger partial charge on any atom is -0.384 e. The summed E-state index contributed by atoms with van der Waals surface area (Å²) in [6.07, 6.45) is 1.56. The molecule has 0 aliphatic carbocycles. The van der Waals surface area contributed by atoms with Crippen LogP contribution in [0.2, 0.25) is 0 Å². The van der Waals surface area contributed by atoms with Crippen LogP contribution in [0.4, 0.5) is 0 Å². The molecule has 0 fully saturated rings. The van der Waals surface area contributed by atoms with Crippen LogP contribution in [0.25, 0.3) is 0 Å². The van der Waals surface area contributed by atoms with Gasteiger partial charge in [-0.2, -0.15) is 0 Å². The van der Waals surface area contributed by atoms with E-state index in [9.17, 15) is 4.79 Å². The Balaban J connectivity index is 2.96. The van der Waals surface area contributed by atoms with Crippen LogP contribution in [0.5, 0.6) is 0 Å². The molecular weight excluding hydrogens is 212 g/mol. The molecule has 94 valence electrons. The molecule has 0 aromatic heterocycles. The van der Waals surface area contributed by atoms with Crippen LogP contribution in [0, 0.1) is 0 Å². The van der Waals surface area contributed by atoms with E-state index in [0.29, 0.717) is 13.0 Å². The highest BCUT2D eigenvalue weighted by Gasteiger charge is 2.21. The molecule has 1 aromatic rings. The molecule has 1 atom stereocenters. The van der Waals surface area contributed by atoms with Crippen molar-refractivity contribution in [3.8, 4) is 0 Å². The third-order valence-corrected chi connectivity index (χ3v) is 3.19. The van der Waals surface area contributed by atoms with Crippen molar-refractivity contribution in [2.75, 3.05) is 13.7 Å². The zero-order valence-electron chi connectivity index (χ0n) is 11.2. The molecule has 1 unspecified atom stereocenters. The lowest BCUT2D eigenvalue weighted by Crippen LogP contribution is -2.23. The second kappa shape index (κ2) is 5.97. The summed E-state index contributed by atoms with van der Waals surface area (Å²) >= 11 is 0. The van der Waals surface area contributed by atoms with Gasteiger partial charge in [0.25, 0.3) is 0 Å². The molecule has 0 N–H and O–H groups in total. The van der Waals surface area contributed by atoms with E-state index < -0.39 is 0 Å². The molecule has 0 bridgehead atoms. The summed E-state index contributed by atoms with van der Waals surface area (Å²) in [5.74, 6) is 0.283. The van der Waals surface area contributed by atoms with Crippen molar-refractivity contribution in [1.82, 2.24) is 0 Å². The number of methoxy groups -OCH3 is 1. The summed E-state index contributed by atoms with van der Waals surface area (Å²) in [5, 5.41) is 0. The summed E-state index contributed by atoms with van der Waals surface area (Å²) in [7, 11) is 1.72. The molecule has 1 aromatic carbocycles. The van der Waals surface area contributed by atoms with E-state index in [1.165, 1.54) is 11.1 Å². The molecule has 2 nitrogen and oxygen atoms in total. The van der Waals surface area contributed by atoms with Gasteiger partial charge in [0.1, 0.15) is 6.29 Å². The van der Waals surface area contributed by atoms with Gasteiger partial charge in [0, 0.05) is 18.9 Å². The van der Waals surface area contributed by atoms with Crippen LogP contribution >= 0.6 is 0 Å². The minimum atomic E-state index is 0.00561. The molecule has 0 spiro atoms. The number of rotatable bonds is 6. The second-order valence-corrected chi connectivity index (χ2v) is 5.25. The predicted octanol–water partition coefficient (Wildman–Crippen LogP) is 3.30. The smallest absolute Gasteiger partial charge is 0.120 e. The Bertz CT molecular complexity index is 369. The van der Waals surface area contributed by atoms with Crippen molar-refractivity contribution in [2.24, 2.45) is 0 Å². The Morgan fingerprint density at radius 2 is 2.12 bits per heavy atom. The van der Waals surface area contributed by atoms with Crippen LogP contribution < -0.4 is 0 Å². The van der Waals surface area contributed by atoms with Gasteiger partial charge in [-0.3, -0.25) is 0 Å². The fraction of sp³-hybridized carbons (Fsp3) is 0.533. The molecular formula is C15H22O2. The summed E-state index contributed by atoms with van der Waals surface area (Å²) in [6.45, 7) is 7.11. The van der Waals surface area contributed by atoms with Crippen LogP contribution in [0.15, 0.2) is 24.3 Å². The Hall–Kier alpha value is -1.15. The molecule has 2 heteroatoms. The van der Waals surface area contributed by atoms with Crippen LogP contribution in [0.3, 0.4) is 0 Å². The van der Waals surface area contributed by atoms with Gasteiger partial charge in [0.2, 0.25) is 0 Å². The van der Waals surface area contributed by atoms with Gasteiger partial charge >= 0.3 is 0 Å². The van der Waals surface area contributed by atoms with Gasteiger partial charge in [-0.1, -0.05) is 45.0 Å². The molecule has 0 aliphatic heterocycles. The van der Waals surface area contributed by atoms with E-state index >= 15 is 0 Å². The molecule has 0 saturated heterocycles. The zero-order chi connectivity index (χ0) is 12.9. The van der Waals surface area contributed by atoms with Crippen molar-refractivity contribution >= 4 is 6.29 Å². The third kappa shape index (κ3) is 3.67. The Morgan fingerprint density at radius 3 is 2.71 bits per heavy atom. The maximum absolute atomic E-state index is 10.6. The van der Waals surface area contributed by atoms with Crippen molar-refractivity contribution < 1.29 is 9.53 Å². The number of carbonyl (C=O) groups is 1. The van der Waals surface area contributed by atoms with Gasteiger partial charge in [0.15, 0.2) is 0 Å². The number of hydrogen-bond acceptors (Lipinski definition) is 2. The summed E-state index contributed by atoms with van der Waals surface area (Å²) in [4.78, 5) is 10.6. The normalized spacial score (nSPS) is 13.4. The first-order valence-corrected chi connectivity index (χ1v) is 6.04. The Morgan fingerprint density at radius 1 is 1.41 bits per heavy atom. The van der Waals surface area contributed by atoms with E-state index in [2.05, 4.69) is 45.0 Å². The van der Waals surface area contributed by atoms with E-state index in [4.69, 9.17) is 4.74 Å². The lowest BCUT2D eigenvalue weighted by molar-refractivity contribution is -0.108. The number of ether oxygens (including phenoxy) is 1. The molecule has 0 amide bonds. The SMILES string of the molecule is COCC(C)(C)c1cccc(C(C)CC=O)c1. The standard InChI is InChI=1S/C15H22O2/c1-12(8-9-16)13-6-5-7-14(10-13)15(2,3)11-17-4/h5-7,9-10,12H,8,11H2,1-4H3. The summed E-state index contributed by atoms with van der Waals surface area (Å²) in [6, 6.07) is 8.45. The van der Waals surface area contributed by atoms with Crippen molar-refractivity contribution in [1.29, 1.82) is 0 Å². The number of aldehydes is 1. The number of carbonyl (C=O) groups excluding carboxylic acids is 1. The fourth-order valence-electron chi connectivity index (χ4n) is 1.99.